The SMILES string of the molecule is Cc1ccc2c(N3CCCC3)nc(-c3ccccc3O)nc2c1.NC(=O)c1cccc(F)c1. The number of phenols is 1. The lowest BCUT2D eigenvalue weighted by atomic mass is 10.1. The van der Waals surface area contributed by atoms with Crippen molar-refractivity contribution < 1.29 is 14.3 Å². The van der Waals surface area contributed by atoms with Gasteiger partial charge in [0.2, 0.25) is 5.91 Å². The monoisotopic (exact) mass is 444 g/mol. The minimum atomic E-state index is -0.612. The molecular weight excluding hydrogens is 419 g/mol. The fraction of sp³-hybridized carbons (Fsp3) is 0.192. The largest absolute Gasteiger partial charge is 0.507 e. The number of para-hydroxylation sites is 1. The smallest absolute Gasteiger partial charge is 0.248 e. The maximum absolute atomic E-state index is 12.3. The van der Waals surface area contributed by atoms with Crippen molar-refractivity contribution in [2.45, 2.75) is 19.8 Å². The van der Waals surface area contributed by atoms with E-state index in [4.69, 9.17) is 15.7 Å². The Labute approximate surface area is 191 Å². The molecule has 168 valence electrons. The number of primary amides is 1. The van der Waals surface area contributed by atoms with Crippen LogP contribution in [0.5, 0.6) is 5.75 Å². The van der Waals surface area contributed by atoms with E-state index in [1.54, 1.807) is 6.07 Å². The van der Waals surface area contributed by atoms with E-state index in [9.17, 15) is 14.3 Å². The molecule has 3 aromatic carbocycles. The molecule has 0 bridgehead atoms. The van der Waals surface area contributed by atoms with Crippen molar-refractivity contribution >= 4 is 22.6 Å². The molecule has 1 amide bonds. The first-order chi connectivity index (χ1) is 15.9. The first kappa shape index (κ1) is 22.2. The van der Waals surface area contributed by atoms with Gasteiger partial charge in [0.05, 0.1) is 11.1 Å². The highest BCUT2D eigenvalue weighted by Gasteiger charge is 2.19. The van der Waals surface area contributed by atoms with Gasteiger partial charge in [0, 0.05) is 24.0 Å². The number of benzene rings is 3. The van der Waals surface area contributed by atoms with E-state index in [1.807, 2.05) is 18.2 Å². The van der Waals surface area contributed by atoms with Gasteiger partial charge in [0.25, 0.3) is 0 Å². The second-order valence-corrected chi connectivity index (χ2v) is 7.98. The standard InChI is InChI=1S/C19H19N3O.C7H6FNO/c1-13-8-9-14-16(12-13)20-18(15-6-2-3-7-17(15)23)21-19(14)22-10-4-5-11-22;8-6-3-1-2-5(4-6)7(9)10/h2-3,6-9,12,23H,4-5,10-11H2,1H3;1-4H,(H2,9,10). The molecule has 6 nitrogen and oxygen atoms in total. The summed E-state index contributed by atoms with van der Waals surface area (Å²) in [5.41, 5.74) is 7.85. The van der Waals surface area contributed by atoms with Crippen molar-refractivity contribution in [1.82, 2.24) is 9.97 Å². The number of anilines is 1. The van der Waals surface area contributed by atoms with Crippen molar-refractivity contribution in [3.8, 4) is 17.1 Å². The van der Waals surface area contributed by atoms with Gasteiger partial charge < -0.3 is 15.7 Å². The predicted molar refractivity (Wildman–Crippen MR) is 128 cm³/mol. The van der Waals surface area contributed by atoms with Crippen LogP contribution in [0.3, 0.4) is 0 Å². The van der Waals surface area contributed by atoms with Crippen LogP contribution in [-0.4, -0.2) is 34.1 Å². The molecule has 5 rings (SSSR count). The van der Waals surface area contributed by atoms with E-state index in [1.165, 1.54) is 36.6 Å². The molecule has 33 heavy (non-hydrogen) atoms. The van der Waals surface area contributed by atoms with Crippen LogP contribution in [0.4, 0.5) is 10.2 Å². The van der Waals surface area contributed by atoms with Gasteiger partial charge in [-0.1, -0.05) is 24.3 Å². The van der Waals surface area contributed by atoms with Crippen LogP contribution in [-0.2, 0) is 0 Å². The number of phenolic OH excluding ortho intramolecular Hbond substituents is 1. The molecule has 1 aliphatic rings. The molecule has 3 N–H and O–H groups in total. The second kappa shape index (κ2) is 9.65. The Morgan fingerprint density at radius 1 is 1.00 bits per heavy atom. The van der Waals surface area contributed by atoms with Crippen LogP contribution >= 0.6 is 0 Å². The lowest BCUT2D eigenvalue weighted by Crippen LogP contribution is -2.20. The normalized spacial score (nSPS) is 13.0. The third kappa shape index (κ3) is 5.09. The van der Waals surface area contributed by atoms with Gasteiger partial charge in [0.1, 0.15) is 17.4 Å². The third-order valence-electron chi connectivity index (χ3n) is 5.49. The molecule has 7 heteroatoms. The molecule has 0 saturated carbocycles. The molecule has 1 aromatic heterocycles. The Balaban J connectivity index is 0.000000219. The summed E-state index contributed by atoms with van der Waals surface area (Å²) in [6, 6.07) is 18.8. The summed E-state index contributed by atoms with van der Waals surface area (Å²) in [5, 5.41) is 11.2. The maximum Gasteiger partial charge on any atom is 0.248 e. The minimum Gasteiger partial charge on any atom is -0.507 e. The van der Waals surface area contributed by atoms with E-state index in [-0.39, 0.29) is 11.3 Å². The lowest BCUT2D eigenvalue weighted by Gasteiger charge is -2.19. The van der Waals surface area contributed by atoms with Crippen LogP contribution in [0.1, 0.15) is 28.8 Å². The number of hydrogen-bond donors (Lipinski definition) is 2. The number of rotatable bonds is 3. The van der Waals surface area contributed by atoms with Crippen molar-refractivity contribution in [1.29, 1.82) is 0 Å². The van der Waals surface area contributed by atoms with Crippen LogP contribution in [0.25, 0.3) is 22.3 Å². The van der Waals surface area contributed by atoms with Gasteiger partial charge in [-0.05, 0) is 67.8 Å². The minimum absolute atomic E-state index is 0.194. The summed E-state index contributed by atoms with van der Waals surface area (Å²) < 4.78 is 12.3. The molecule has 4 aromatic rings. The summed E-state index contributed by atoms with van der Waals surface area (Å²) in [6.45, 7) is 4.12. The van der Waals surface area contributed by atoms with E-state index >= 15 is 0 Å². The van der Waals surface area contributed by atoms with Crippen LogP contribution in [0, 0.1) is 12.7 Å². The topological polar surface area (TPSA) is 92.3 Å². The Bertz CT molecular complexity index is 1300. The number of aryl methyl sites for hydroxylation is 1. The van der Waals surface area contributed by atoms with Gasteiger partial charge in [-0.25, -0.2) is 14.4 Å². The fourth-order valence-electron chi connectivity index (χ4n) is 3.82. The number of carbonyl (C=O) groups is 1. The quantitative estimate of drug-likeness (QED) is 0.472. The fourth-order valence-corrected chi connectivity index (χ4v) is 3.82. The molecule has 0 unspecified atom stereocenters. The number of amides is 1. The molecule has 0 spiro atoms. The first-order valence-electron chi connectivity index (χ1n) is 10.8. The molecule has 1 fully saturated rings. The van der Waals surface area contributed by atoms with Crippen molar-refractivity contribution in [2.24, 2.45) is 5.73 Å². The van der Waals surface area contributed by atoms with Crippen molar-refractivity contribution in [3.63, 3.8) is 0 Å². The maximum atomic E-state index is 12.3. The summed E-state index contributed by atoms with van der Waals surface area (Å²) in [6.07, 6.45) is 2.40. The van der Waals surface area contributed by atoms with Gasteiger partial charge in [-0.3, -0.25) is 4.79 Å². The lowest BCUT2D eigenvalue weighted by molar-refractivity contribution is 0.1000. The highest BCUT2D eigenvalue weighted by molar-refractivity contribution is 5.93. The summed E-state index contributed by atoms with van der Waals surface area (Å²) in [5.74, 6) is 0.719. The van der Waals surface area contributed by atoms with Gasteiger partial charge in [0.15, 0.2) is 5.82 Å². The van der Waals surface area contributed by atoms with Crippen molar-refractivity contribution in [3.05, 3.63) is 83.7 Å². The molecule has 0 radical (unpaired) electrons. The Morgan fingerprint density at radius 3 is 2.42 bits per heavy atom. The molecule has 1 saturated heterocycles. The average molecular weight is 445 g/mol. The number of halogens is 1. The third-order valence-corrected chi connectivity index (χ3v) is 5.49. The number of aromatic hydroxyl groups is 1. The number of nitrogens with two attached hydrogens (primary N) is 1. The molecule has 0 aliphatic carbocycles. The number of carbonyl (C=O) groups excluding carboxylic acids is 1. The summed E-state index contributed by atoms with van der Waals surface area (Å²) in [4.78, 5) is 22.2. The number of nitrogens with zero attached hydrogens (tertiary/aromatic N) is 3. The molecular formula is C26H25FN4O2. The van der Waals surface area contributed by atoms with Gasteiger partial charge >= 0.3 is 0 Å². The summed E-state index contributed by atoms with van der Waals surface area (Å²) in [7, 11) is 0. The van der Waals surface area contributed by atoms with Crippen molar-refractivity contribution in [2.75, 3.05) is 18.0 Å². The number of hydrogen-bond acceptors (Lipinski definition) is 5. The molecule has 2 heterocycles. The number of aromatic nitrogens is 2. The first-order valence-corrected chi connectivity index (χ1v) is 10.8. The predicted octanol–water partition coefficient (Wildman–Crippen LogP) is 4.84. The van der Waals surface area contributed by atoms with E-state index in [0.717, 1.165) is 35.9 Å². The van der Waals surface area contributed by atoms with Crippen LogP contribution in [0.2, 0.25) is 0 Å². The van der Waals surface area contributed by atoms with Gasteiger partial charge in [-0.15, -0.1) is 0 Å². The Hall–Kier alpha value is -4.00. The van der Waals surface area contributed by atoms with Crippen LogP contribution in [0.15, 0.2) is 66.7 Å². The van der Waals surface area contributed by atoms with Crippen LogP contribution < -0.4 is 10.6 Å². The van der Waals surface area contributed by atoms with Gasteiger partial charge in [-0.2, -0.15) is 0 Å². The number of fused-ring (bicyclic) bond motifs is 1. The molecule has 1 aliphatic heterocycles. The van der Waals surface area contributed by atoms with E-state index < -0.39 is 11.7 Å². The average Bonchev–Trinajstić information content (AvgIpc) is 3.34. The highest BCUT2D eigenvalue weighted by Crippen LogP contribution is 2.33. The molecule has 0 atom stereocenters. The zero-order valence-electron chi connectivity index (χ0n) is 18.3. The zero-order valence-corrected chi connectivity index (χ0v) is 18.3. The Kier molecular flexibility index (Phi) is 6.49. The second-order valence-electron chi connectivity index (χ2n) is 7.98. The highest BCUT2D eigenvalue weighted by atomic mass is 19.1. The summed E-state index contributed by atoms with van der Waals surface area (Å²) >= 11 is 0. The Morgan fingerprint density at radius 2 is 1.76 bits per heavy atom. The van der Waals surface area contributed by atoms with E-state index in [0.29, 0.717) is 11.4 Å². The zero-order chi connectivity index (χ0) is 23.4. The van der Waals surface area contributed by atoms with E-state index in [2.05, 4.69) is 30.0 Å².